The summed E-state index contributed by atoms with van der Waals surface area (Å²) in [6.07, 6.45) is 0. The first-order valence-electron chi connectivity index (χ1n) is 9.12. The van der Waals surface area contributed by atoms with Crippen LogP contribution in [0.25, 0.3) is 0 Å². The molecule has 2 N–H and O–H groups in total. The molecule has 1 atom stereocenters. The Hall–Kier alpha value is -3.39. The molecule has 8 heteroatoms. The van der Waals surface area contributed by atoms with Gasteiger partial charge in [-0.25, -0.2) is 12.8 Å². The highest BCUT2D eigenvalue weighted by atomic mass is 32.2. The van der Waals surface area contributed by atoms with Gasteiger partial charge < -0.3 is 10.1 Å². The fraction of sp³-hybridized carbons (Fsp3) is 0.136. The highest BCUT2D eigenvalue weighted by Gasteiger charge is 2.17. The fourth-order valence-electron chi connectivity index (χ4n) is 2.90. The second-order valence-corrected chi connectivity index (χ2v) is 8.26. The van der Waals surface area contributed by atoms with E-state index >= 15 is 0 Å². The van der Waals surface area contributed by atoms with Gasteiger partial charge in [-0.05, 0) is 61.5 Å². The minimum absolute atomic E-state index is 0.0128. The maximum Gasteiger partial charge on any atom is 0.261 e. The Morgan fingerprint density at radius 3 is 2.23 bits per heavy atom. The third-order valence-electron chi connectivity index (χ3n) is 4.48. The second-order valence-electron chi connectivity index (χ2n) is 6.57. The summed E-state index contributed by atoms with van der Waals surface area (Å²) in [7, 11) is -2.30. The van der Waals surface area contributed by atoms with E-state index in [1.165, 1.54) is 36.4 Å². The molecule has 156 valence electrons. The first-order valence-corrected chi connectivity index (χ1v) is 10.6. The van der Waals surface area contributed by atoms with Crippen molar-refractivity contribution in [1.29, 1.82) is 0 Å². The van der Waals surface area contributed by atoms with Crippen molar-refractivity contribution < 1.29 is 22.3 Å². The number of nitrogens with one attached hydrogen (secondary N) is 2. The lowest BCUT2D eigenvalue weighted by molar-refractivity contribution is 0.0939. The van der Waals surface area contributed by atoms with E-state index in [1.54, 1.807) is 7.11 Å². The van der Waals surface area contributed by atoms with E-state index in [0.29, 0.717) is 11.3 Å². The predicted molar refractivity (Wildman–Crippen MR) is 113 cm³/mol. The number of rotatable bonds is 7. The molecule has 3 aromatic rings. The van der Waals surface area contributed by atoms with Crippen LogP contribution in [0.5, 0.6) is 5.75 Å². The minimum Gasteiger partial charge on any atom is -0.496 e. The molecule has 0 radical (unpaired) electrons. The van der Waals surface area contributed by atoms with Gasteiger partial charge >= 0.3 is 0 Å². The van der Waals surface area contributed by atoms with Crippen molar-refractivity contribution in [3.63, 3.8) is 0 Å². The number of anilines is 1. The van der Waals surface area contributed by atoms with E-state index in [4.69, 9.17) is 4.74 Å². The molecular weight excluding hydrogens is 407 g/mol. The van der Waals surface area contributed by atoms with Gasteiger partial charge in [-0.3, -0.25) is 9.52 Å². The molecule has 0 saturated carbocycles. The Bertz CT molecular complexity index is 1130. The zero-order valence-corrected chi connectivity index (χ0v) is 17.2. The maximum atomic E-state index is 13.0. The van der Waals surface area contributed by atoms with E-state index in [-0.39, 0.29) is 22.5 Å². The average molecular weight is 428 g/mol. The number of hydrogen-bond acceptors (Lipinski definition) is 4. The largest absolute Gasteiger partial charge is 0.496 e. The van der Waals surface area contributed by atoms with Crippen LogP contribution in [0.4, 0.5) is 10.1 Å². The number of carbonyl (C=O) groups excluding carboxylic acids is 1. The van der Waals surface area contributed by atoms with Crippen molar-refractivity contribution in [2.45, 2.75) is 17.9 Å². The molecular formula is C22H21FN2O4S. The van der Waals surface area contributed by atoms with E-state index < -0.39 is 15.8 Å². The monoisotopic (exact) mass is 428 g/mol. The Morgan fingerprint density at radius 1 is 0.967 bits per heavy atom. The van der Waals surface area contributed by atoms with Gasteiger partial charge in [0, 0.05) is 16.8 Å². The molecule has 0 aliphatic carbocycles. The summed E-state index contributed by atoms with van der Waals surface area (Å²) in [4.78, 5) is 12.5. The van der Waals surface area contributed by atoms with Gasteiger partial charge in [0.05, 0.1) is 18.0 Å². The Labute approximate surface area is 174 Å². The summed E-state index contributed by atoms with van der Waals surface area (Å²) in [5, 5.41) is 2.87. The lowest BCUT2D eigenvalue weighted by Gasteiger charge is -2.17. The number of halogens is 1. The fourth-order valence-corrected chi connectivity index (χ4v) is 3.96. The molecule has 0 bridgehead atoms. The number of methoxy groups -OCH3 is 1. The van der Waals surface area contributed by atoms with Crippen LogP contribution in [-0.4, -0.2) is 21.4 Å². The molecule has 6 nitrogen and oxygen atoms in total. The molecule has 0 aliphatic heterocycles. The summed E-state index contributed by atoms with van der Waals surface area (Å²) < 4.78 is 45.6. The highest BCUT2D eigenvalue weighted by Crippen LogP contribution is 2.25. The SMILES string of the molecule is COc1ccccc1C(C)NC(=O)c1ccc(S(=O)(=O)Nc2ccc(F)cc2)cc1. The van der Waals surface area contributed by atoms with Crippen LogP contribution >= 0.6 is 0 Å². The molecule has 0 saturated heterocycles. The quantitative estimate of drug-likeness (QED) is 0.593. The van der Waals surface area contributed by atoms with E-state index in [2.05, 4.69) is 10.0 Å². The van der Waals surface area contributed by atoms with Gasteiger partial charge in [0.1, 0.15) is 11.6 Å². The van der Waals surface area contributed by atoms with Crippen molar-refractivity contribution in [2.75, 3.05) is 11.8 Å². The van der Waals surface area contributed by atoms with Crippen molar-refractivity contribution in [1.82, 2.24) is 5.32 Å². The molecule has 3 aromatic carbocycles. The molecule has 1 amide bonds. The first-order chi connectivity index (χ1) is 14.3. The molecule has 0 aromatic heterocycles. The van der Waals surface area contributed by atoms with Crippen LogP contribution in [0.15, 0.2) is 77.7 Å². The summed E-state index contributed by atoms with van der Waals surface area (Å²) in [6, 6.07) is 17.6. The van der Waals surface area contributed by atoms with Crippen molar-refractivity contribution >= 4 is 21.6 Å². The number of amides is 1. The maximum absolute atomic E-state index is 13.0. The Balaban J connectivity index is 1.71. The summed E-state index contributed by atoms with van der Waals surface area (Å²) in [5.74, 6) is -0.141. The van der Waals surface area contributed by atoms with Crippen LogP contribution in [0.1, 0.15) is 28.9 Å². The number of hydrogen-bond donors (Lipinski definition) is 2. The van der Waals surface area contributed by atoms with Crippen molar-refractivity contribution in [3.05, 3.63) is 89.7 Å². The third-order valence-corrected chi connectivity index (χ3v) is 5.87. The number of ether oxygens (including phenoxy) is 1. The Morgan fingerprint density at radius 2 is 1.60 bits per heavy atom. The van der Waals surface area contributed by atoms with Crippen molar-refractivity contribution in [2.24, 2.45) is 0 Å². The van der Waals surface area contributed by atoms with Crippen LogP contribution < -0.4 is 14.8 Å². The lowest BCUT2D eigenvalue weighted by Crippen LogP contribution is -2.27. The molecule has 3 rings (SSSR count). The van der Waals surface area contributed by atoms with Gasteiger partial charge in [-0.1, -0.05) is 18.2 Å². The normalized spacial score (nSPS) is 12.1. The van der Waals surface area contributed by atoms with Gasteiger partial charge in [-0.15, -0.1) is 0 Å². The van der Waals surface area contributed by atoms with Gasteiger partial charge in [0.15, 0.2) is 0 Å². The number of sulfonamides is 1. The zero-order chi connectivity index (χ0) is 21.7. The number of benzene rings is 3. The second kappa shape index (κ2) is 8.96. The third kappa shape index (κ3) is 4.96. The van der Waals surface area contributed by atoms with E-state index in [1.807, 2.05) is 31.2 Å². The van der Waals surface area contributed by atoms with Crippen LogP contribution in [0.3, 0.4) is 0 Å². The van der Waals surface area contributed by atoms with Crippen LogP contribution in [0, 0.1) is 5.82 Å². The van der Waals surface area contributed by atoms with Gasteiger partial charge in [0.2, 0.25) is 0 Å². The average Bonchev–Trinajstić information content (AvgIpc) is 2.75. The molecule has 0 spiro atoms. The molecule has 0 aliphatic rings. The summed E-state index contributed by atoms with van der Waals surface area (Å²) in [6.45, 7) is 1.83. The number of para-hydroxylation sites is 1. The smallest absolute Gasteiger partial charge is 0.261 e. The lowest BCUT2D eigenvalue weighted by atomic mass is 10.1. The zero-order valence-electron chi connectivity index (χ0n) is 16.4. The standard InChI is InChI=1S/C22H21FN2O4S/c1-15(20-5-3-4-6-21(20)29-2)24-22(26)16-7-13-19(14-8-16)30(27,28)25-18-11-9-17(23)10-12-18/h3-15,25H,1-2H3,(H,24,26). The topological polar surface area (TPSA) is 84.5 Å². The van der Waals surface area contributed by atoms with Crippen LogP contribution in [-0.2, 0) is 10.0 Å². The summed E-state index contributed by atoms with van der Waals surface area (Å²) >= 11 is 0. The minimum atomic E-state index is -3.86. The molecule has 0 heterocycles. The van der Waals surface area contributed by atoms with Gasteiger partial charge in [-0.2, -0.15) is 0 Å². The number of carbonyl (C=O) groups is 1. The Kier molecular flexibility index (Phi) is 6.37. The van der Waals surface area contributed by atoms with E-state index in [9.17, 15) is 17.6 Å². The van der Waals surface area contributed by atoms with E-state index in [0.717, 1.165) is 17.7 Å². The molecule has 30 heavy (non-hydrogen) atoms. The first kappa shape index (κ1) is 21.3. The van der Waals surface area contributed by atoms with Crippen LogP contribution in [0.2, 0.25) is 0 Å². The molecule has 1 unspecified atom stereocenters. The predicted octanol–water partition coefficient (Wildman–Crippen LogP) is 4.13. The van der Waals surface area contributed by atoms with Gasteiger partial charge in [0.25, 0.3) is 15.9 Å². The summed E-state index contributed by atoms with van der Waals surface area (Å²) in [5.41, 5.74) is 1.39. The van der Waals surface area contributed by atoms with Crippen molar-refractivity contribution in [3.8, 4) is 5.75 Å². The highest BCUT2D eigenvalue weighted by molar-refractivity contribution is 7.92. The molecule has 0 fully saturated rings.